The Morgan fingerprint density at radius 1 is 1.19 bits per heavy atom. The van der Waals surface area contributed by atoms with Crippen molar-refractivity contribution in [2.24, 2.45) is 0 Å². The Labute approximate surface area is 153 Å². The third kappa shape index (κ3) is 3.74. The average molecular weight is 381 g/mol. The number of carbonyl (C=O) groups is 2. The number of morpholine rings is 1. The molecule has 0 saturated carbocycles. The number of amides is 2. The Morgan fingerprint density at radius 3 is 2.54 bits per heavy atom. The highest BCUT2D eigenvalue weighted by atomic mass is 32.2. The molecule has 0 aliphatic carbocycles. The molecule has 1 fully saturated rings. The fraction of sp³-hybridized carbons (Fsp3) is 0.529. The summed E-state index contributed by atoms with van der Waals surface area (Å²) >= 11 is 0. The van der Waals surface area contributed by atoms with Crippen LogP contribution in [0.4, 0.5) is 5.69 Å². The lowest BCUT2D eigenvalue weighted by atomic mass is 10.2. The molecule has 2 aliphatic heterocycles. The molecule has 0 radical (unpaired) electrons. The monoisotopic (exact) mass is 381 g/mol. The number of hydrogen-bond donors (Lipinski definition) is 1. The van der Waals surface area contributed by atoms with Crippen molar-refractivity contribution in [3.05, 3.63) is 23.8 Å². The molecule has 9 heteroatoms. The zero-order valence-electron chi connectivity index (χ0n) is 14.9. The first-order valence-electron chi connectivity index (χ1n) is 8.59. The minimum Gasteiger partial charge on any atom is -0.378 e. The van der Waals surface area contributed by atoms with E-state index in [1.165, 1.54) is 13.0 Å². The molecule has 0 spiro atoms. The summed E-state index contributed by atoms with van der Waals surface area (Å²) in [4.78, 5) is 27.3. The van der Waals surface area contributed by atoms with Gasteiger partial charge in [-0.05, 0) is 37.1 Å². The van der Waals surface area contributed by atoms with Gasteiger partial charge in [0.25, 0.3) is 0 Å². The summed E-state index contributed by atoms with van der Waals surface area (Å²) in [6, 6.07) is 3.83. The molecular formula is C17H23N3O5S. The van der Waals surface area contributed by atoms with E-state index in [0.29, 0.717) is 39.3 Å². The van der Waals surface area contributed by atoms with Crippen LogP contribution in [-0.2, 0) is 30.8 Å². The van der Waals surface area contributed by atoms with Gasteiger partial charge in [-0.2, -0.15) is 4.72 Å². The highest BCUT2D eigenvalue weighted by Crippen LogP contribution is 2.30. The fourth-order valence-corrected chi connectivity index (χ4v) is 4.53. The molecule has 1 aromatic rings. The Balaban J connectivity index is 1.74. The molecule has 2 heterocycles. The van der Waals surface area contributed by atoms with Crippen LogP contribution in [0.15, 0.2) is 23.1 Å². The Hall–Kier alpha value is -1.97. The van der Waals surface area contributed by atoms with E-state index in [9.17, 15) is 18.0 Å². The number of rotatable bonds is 4. The van der Waals surface area contributed by atoms with Crippen molar-refractivity contribution in [2.45, 2.75) is 31.2 Å². The number of hydrogen-bond acceptors (Lipinski definition) is 5. The van der Waals surface area contributed by atoms with E-state index in [4.69, 9.17) is 4.74 Å². The SMILES string of the molecule is CC(=O)N1CCc2cc(S(=O)(=O)N[C@@H](C)C(=O)N3CCOCC3)ccc21. The Kier molecular flexibility index (Phi) is 5.31. The van der Waals surface area contributed by atoms with Gasteiger partial charge in [0, 0.05) is 32.2 Å². The molecule has 1 N–H and O–H groups in total. The van der Waals surface area contributed by atoms with Crippen molar-refractivity contribution in [1.82, 2.24) is 9.62 Å². The van der Waals surface area contributed by atoms with E-state index in [1.54, 1.807) is 28.9 Å². The second-order valence-corrected chi connectivity index (χ2v) is 8.21. The van der Waals surface area contributed by atoms with Gasteiger partial charge in [0.05, 0.1) is 24.2 Å². The largest absolute Gasteiger partial charge is 0.378 e. The number of sulfonamides is 1. The normalized spacial score (nSPS) is 18.5. The Bertz CT molecular complexity index is 818. The number of fused-ring (bicyclic) bond motifs is 1. The molecule has 26 heavy (non-hydrogen) atoms. The molecule has 1 aromatic carbocycles. The predicted molar refractivity (Wildman–Crippen MR) is 95.4 cm³/mol. The molecule has 0 aromatic heterocycles. The van der Waals surface area contributed by atoms with Gasteiger partial charge in [0.15, 0.2) is 0 Å². The van der Waals surface area contributed by atoms with E-state index in [0.717, 1.165) is 11.3 Å². The zero-order valence-corrected chi connectivity index (χ0v) is 15.7. The lowest BCUT2D eigenvalue weighted by Crippen LogP contribution is -2.50. The van der Waals surface area contributed by atoms with Crippen LogP contribution in [0.2, 0.25) is 0 Å². The third-order valence-electron chi connectivity index (χ3n) is 4.66. The maximum Gasteiger partial charge on any atom is 0.241 e. The van der Waals surface area contributed by atoms with Gasteiger partial charge in [-0.1, -0.05) is 0 Å². The van der Waals surface area contributed by atoms with Gasteiger partial charge in [-0.15, -0.1) is 0 Å². The van der Waals surface area contributed by atoms with Crippen molar-refractivity contribution in [3.63, 3.8) is 0 Å². The molecule has 3 rings (SSSR count). The lowest BCUT2D eigenvalue weighted by molar-refractivity contribution is -0.136. The van der Waals surface area contributed by atoms with E-state index >= 15 is 0 Å². The predicted octanol–water partition coefficient (Wildman–Crippen LogP) is 0.121. The first-order valence-corrected chi connectivity index (χ1v) is 10.1. The van der Waals surface area contributed by atoms with E-state index in [2.05, 4.69) is 4.72 Å². The third-order valence-corrected chi connectivity index (χ3v) is 6.20. The van der Waals surface area contributed by atoms with Crippen LogP contribution in [0, 0.1) is 0 Å². The van der Waals surface area contributed by atoms with Gasteiger partial charge < -0.3 is 14.5 Å². The summed E-state index contributed by atoms with van der Waals surface area (Å²) in [6.07, 6.45) is 0.612. The van der Waals surface area contributed by atoms with Crippen LogP contribution < -0.4 is 9.62 Å². The van der Waals surface area contributed by atoms with Gasteiger partial charge in [0.1, 0.15) is 0 Å². The van der Waals surface area contributed by atoms with Gasteiger partial charge >= 0.3 is 0 Å². The van der Waals surface area contributed by atoms with Crippen molar-refractivity contribution >= 4 is 27.5 Å². The molecule has 2 amide bonds. The molecule has 0 bridgehead atoms. The number of nitrogens with zero attached hydrogens (tertiary/aromatic N) is 2. The molecule has 142 valence electrons. The van der Waals surface area contributed by atoms with Crippen LogP contribution >= 0.6 is 0 Å². The van der Waals surface area contributed by atoms with Crippen LogP contribution in [-0.4, -0.2) is 64.0 Å². The average Bonchev–Trinajstić information content (AvgIpc) is 3.05. The molecule has 2 aliphatic rings. The minimum absolute atomic E-state index is 0.0674. The maximum absolute atomic E-state index is 12.7. The van der Waals surface area contributed by atoms with Crippen molar-refractivity contribution in [3.8, 4) is 0 Å². The summed E-state index contributed by atoms with van der Waals surface area (Å²) in [5.41, 5.74) is 1.56. The molecule has 1 atom stereocenters. The number of carbonyl (C=O) groups excluding carboxylic acids is 2. The molecule has 0 unspecified atom stereocenters. The first-order chi connectivity index (χ1) is 12.3. The summed E-state index contributed by atoms with van der Waals surface area (Å²) in [5.74, 6) is -0.331. The number of nitrogens with one attached hydrogen (secondary N) is 1. The van der Waals surface area contributed by atoms with Crippen LogP contribution in [0.5, 0.6) is 0 Å². The van der Waals surface area contributed by atoms with Crippen LogP contribution in [0.3, 0.4) is 0 Å². The first kappa shape index (κ1) is 18.8. The summed E-state index contributed by atoms with van der Waals surface area (Å²) in [7, 11) is -3.83. The highest BCUT2D eigenvalue weighted by Gasteiger charge is 2.29. The van der Waals surface area contributed by atoms with Crippen molar-refractivity contribution in [2.75, 3.05) is 37.7 Å². The second-order valence-electron chi connectivity index (χ2n) is 6.49. The number of anilines is 1. The van der Waals surface area contributed by atoms with Crippen LogP contribution in [0.1, 0.15) is 19.4 Å². The molecular weight excluding hydrogens is 358 g/mol. The lowest BCUT2D eigenvalue weighted by Gasteiger charge is -2.29. The van der Waals surface area contributed by atoms with E-state index < -0.39 is 16.1 Å². The summed E-state index contributed by atoms with van der Waals surface area (Å²) in [6.45, 7) is 5.43. The van der Waals surface area contributed by atoms with Crippen molar-refractivity contribution < 1.29 is 22.7 Å². The van der Waals surface area contributed by atoms with Gasteiger partial charge in [0.2, 0.25) is 21.8 Å². The zero-order chi connectivity index (χ0) is 18.9. The number of benzene rings is 1. The topological polar surface area (TPSA) is 96.0 Å². The second kappa shape index (κ2) is 7.34. The Morgan fingerprint density at radius 2 is 1.88 bits per heavy atom. The summed E-state index contributed by atoms with van der Waals surface area (Å²) < 4.78 is 33.0. The maximum atomic E-state index is 12.7. The van der Waals surface area contributed by atoms with Crippen molar-refractivity contribution in [1.29, 1.82) is 0 Å². The number of ether oxygens (including phenoxy) is 1. The smallest absolute Gasteiger partial charge is 0.241 e. The van der Waals surface area contributed by atoms with Gasteiger partial charge in [-0.3, -0.25) is 9.59 Å². The summed E-state index contributed by atoms with van der Waals surface area (Å²) in [5, 5.41) is 0. The quantitative estimate of drug-likeness (QED) is 0.799. The van der Waals surface area contributed by atoms with E-state index in [-0.39, 0.29) is 16.7 Å². The minimum atomic E-state index is -3.83. The highest BCUT2D eigenvalue weighted by molar-refractivity contribution is 7.89. The molecule has 1 saturated heterocycles. The molecule has 8 nitrogen and oxygen atoms in total. The fourth-order valence-electron chi connectivity index (χ4n) is 3.28. The standard InChI is InChI=1S/C17H23N3O5S/c1-12(17(22)19-7-9-25-10-8-19)18-26(23,24)15-3-4-16-14(11-15)5-6-20(16)13(2)21/h3-4,11-12,18H,5-10H2,1-2H3/t12-/m0/s1. The van der Waals surface area contributed by atoms with Gasteiger partial charge in [-0.25, -0.2) is 8.42 Å². The van der Waals surface area contributed by atoms with E-state index in [1.807, 2.05) is 0 Å². The van der Waals surface area contributed by atoms with Crippen LogP contribution in [0.25, 0.3) is 0 Å².